The summed E-state index contributed by atoms with van der Waals surface area (Å²) < 4.78 is 0. The van der Waals surface area contributed by atoms with Crippen molar-refractivity contribution in [1.29, 1.82) is 0 Å². The summed E-state index contributed by atoms with van der Waals surface area (Å²) in [6, 6.07) is 11.9. The molecule has 1 fully saturated rings. The summed E-state index contributed by atoms with van der Waals surface area (Å²) in [5.41, 5.74) is 4.85. The van der Waals surface area contributed by atoms with Gasteiger partial charge in [-0.25, -0.2) is 4.98 Å². The van der Waals surface area contributed by atoms with Crippen LogP contribution in [0.3, 0.4) is 0 Å². The van der Waals surface area contributed by atoms with Crippen molar-refractivity contribution in [3.63, 3.8) is 0 Å². The molecule has 1 aliphatic heterocycles. The second-order valence-corrected chi connectivity index (χ2v) is 7.42. The van der Waals surface area contributed by atoms with Crippen LogP contribution < -0.4 is 5.32 Å². The number of benzene rings is 1. The van der Waals surface area contributed by atoms with Gasteiger partial charge < -0.3 is 10.3 Å². The number of carbonyl (C=O) groups is 1. The molecule has 0 saturated carbocycles. The SMILES string of the molecule is O=C1c2ccccc2CC1c1[nH]c(C2CCNCC2)nc1-c1ccncc1. The number of Topliss-reactive ketones (excluding diaryl/α,β-unsaturated/α-hetero) is 1. The highest BCUT2D eigenvalue weighted by atomic mass is 16.1. The molecule has 3 heterocycles. The van der Waals surface area contributed by atoms with Gasteiger partial charge in [0.15, 0.2) is 5.78 Å². The number of fused-ring (bicyclic) bond motifs is 1. The van der Waals surface area contributed by atoms with E-state index in [-0.39, 0.29) is 11.7 Å². The van der Waals surface area contributed by atoms with E-state index in [4.69, 9.17) is 4.98 Å². The minimum atomic E-state index is -0.187. The van der Waals surface area contributed by atoms with Crippen LogP contribution in [0.5, 0.6) is 0 Å². The van der Waals surface area contributed by atoms with Crippen LogP contribution in [0.1, 0.15) is 52.1 Å². The first-order valence-electron chi connectivity index (χ1n) is 9.64. The number of hydrogen-bond donors (Lipinski definition) is 2. The number of aromatic nitrogens is 3. The number of nitrogens with one attached hydrogen (secondary N) is 2. The number of piperidine rings is 1. The Morgan fingerprint density at radius 3 is 2.56 bits per heavy atom. The lowest BCUT2D eigenvalue weighted by Crippen LogP contribution is -2.27. The normalized spacial score (nSPS) is 20.0. The van der Waals surface area contributed by atoms with E-state index in [0.29, 0.717) is 5.92 Å². The van der Waals surface area contributed by atoms with E-state index in [2.05, 4.69) is 21.4 Å². The number of ketones is 1. The second-order valence-electron chi connectivity index (χ2n) is 7.42. The van der Waals surface area contributed by atoms with Crippen LogP contribution in [0.15, 0.2) is 48.8 Å². The molecule has 1 aliphatic carbocycles. The first-order valence-corrected chi connectivity index (χ1v) is 9.64. The minimum absolute atomic E-state index is 0.187. The lowest BCUT2D eigenvalue weighted by molar-refractivity contribution is 0.0971. The molecule has 3 aromatic rings. The van der Waals surface area contributed by atoms with E-state index in [1.165, 1.54) is 0 Å². The fourth-order valence-electron chi connectivity index (χ4n) is 4.35. The Labute approximate surface area is 158 Å². The Morgan fingerprint density at radius 2 is 1.78 bits per heavy atom. The lowest BCUT2D eigenvalue weighted by Gasteiger charge is -2.20. The highest BCUT2D eigenvalue weighted by Gasteiger charge is 2.35. The van der Waals surface area contributed by atoms with Crippen molar-refractivity contribution in [2.24, 2.45) is 0 Å². The van der Waals surface area contributed by atoms with Crippen molar-refractivity contribution in [3.8, 4) is 11.3 Å². The predicted molar refractivity (Wildman–Crippen MR) is 104 cm³/mol. The molecule has 27 heavy (non-hydrogen) atoms. The van der Waals surface area contributed by atoms with Gasteiger partial charge in [0, 0.05) is 29.4 Å². The van der Waals surface area contributed by atoms with Crippen LogP contribution in [0.4, 0.5) is 0 Å². The molecule has 0 bridgehead atoms. The second kappa shape index (κ2) is 6.74. The summed E-state index contributed by atoms with van der Waals surface area (Å²) in [5, 5.41) is 3.41. The Balaban J connectivity index is 1.58. The maximum absolute atomic E-state index is 13.1. The van der Waals surface area contributed by atoms with Crippen molar-refractivity contribution < 1.29 is 4.79 Å². The average Bonchev–Trinajstić information content (AvgIpc) is 3.31. The maximum Gasteiger partial charge on any atom is 0.172 e. The number of pyridine rings is 1. The number of carbonyl (C=O) groups excluding carboxylic acids is 1. The number of rotatable bonds is 3. The summed E-state index contributed by atoms with van der Waals surface area (Å²) in [6.45, 7) is 2.03. The number of imidazole rings is 1. The van der Waals surface area contributed by atoms with Gasteiger partial charge in [-0.1, -0.05) is 24.3 Å². The van der Waals surface area contributed by atoms with Crippen LogP contribution in [-0.2, 0) is 6.42 Å². The third kappa shape index (κ3) is 2.88. The Hall–Kier alpha value is -2.79. The molecular formula is C22H22N4O. The van der Waals surface area contributed by atoms with E-state index in [1.54, 1.807) is 12.4 Å². The van der Waals surface area contributed by atoms with E-state index in [0.717, 1.165) is 66.3 Å². The highest BCUT2D eigenvalue weighted by molar-refractivity contribution is 6.05. The van der Waals surface area contributed by atoms with E-state index >= 15 is 0 Å². The van der Waals surface area contributed by atoms with Crippen LogP contribution >= 0.6 is 0 Å². The molecule has 2 aliphatic rings. The maximum atomic E-state index is 13.1. The largest absolute Gasteiger partial charge is 0.344 e. The zero-order chi connectivity index (χ0) is 18.2. The molecule has 5 rings (SSSR count). The standard InChI is InChI=1S/C22H22N4O/c27-21-17-4-2-1-3-16(17)13-18(21)20-19(14-5-9-23-10-6-14)25-22(26-20)15-7-11-24-12-8-15/h1-6,9-10,15,18,24H,7-8,11-13H2,(H,25,26). The molecular weight excluding hydrogens is 336 g/mol. The van der Waals surface area contributed by atoms with Gasteiger partial charge >= 0.3 is 0 Å². The van der Waals surface area contributed by atoms with Crippen LogP contribution in [0.25, 0.3) is 11.3 Å². The highest BCUT2D eigenvalue weighted by Crippen LogP contribution is 2.38. The zero-order valence-electron chi connectivity index (χ0n) is 15.1. The van der Waals surface area contributed by atoms with Gasteiger partial charge in [-0.15, -0.1) is 0 Å². The van der Waals surface area contributed by atoms with Gasteiger partial charge in [-0.3, -0.25) is 9.78 Å². The van der Waals surface area contributed by atoms with Gasteiger partial charge in [0.1, 0.15) is 5.82 Å². The van der Waals surface area contributed by atoms with Gasteiger partial charge in [0.25, 0.3) is 0 Å². The fraction of sp³-hybridized carbons (Fsp3) is 0.318. The molecule has 1 unspecified atom stereocenters. The first kappa shape index (κ1) is 16.4. The molecule has 2 N–H and O–H groups in total. The van der Waals surface area contributed by atoms with Crippen molar-refractivity contribution in [2.75, 3.05) is 13.1 Å². The molecule has 0 amide bonds. The third-order valence-electron chi connectivity index (χ3n) is 5.80. The molecule has 2 aromatic heterocycles. The van der Waals surface area contributed by atoms with Crippen molar-refractivity contribution >= 4 is 5.78 Å². The van der Waals surface area contributed by atoms with Gasteiger partial charge in [0.2, 0.25) is 0 Å². The molecule has 5 heteroatoms. The quantitative estimate of drug-likeness (QED) is 0.752. The first-order chi connectivity index (χ1) is 13.3. The van der Waals surface area contributed by atoms with Crippen LogP contribution in [-0.4, -0.2) is 33.8 Å². The topological polar surface area (TPSA) is 70.7 Å². The summed E-state index contributed by atoms with van der Waals surface area (Å²) in [5.74, 6) is 1.44. The van der Waals surface area contributed by atoms with Crippen molar-refractivity contribution in [1.82, 2.24) is 20.3 Å². The lowest BCUT2D eigenvalue weighted by atomic mass is 9.96. The van der Waals surface area contributed by atoms with Crippen molar-refractivity contribution in [2.45, 2.75) is 31.1 Å². The summed E-state index contributed by atoms with van der Waals surface area (Å²) in [6.07, 6.45) is 6.44. The van der Waals surface area contributed by atoms with E-state index in [1.807, 2.05) is 30.3 Å². The fourth-order valence-corrected chi connectivity index (χ4v) is 4.35. The smallest absolute Gasteiger partial charge is 0.172 e. The summed E-state index contributed by atoms with van der Waals surface area (Å²) in [7, 11) is 0. The molecule has 1 atom stereocenters. The van der Waals surface area contributed by atoms with Gasteiger partial charge in [-0.2, -0.15) is 0 Å². The molecule has 5 nitrogen and oxygen atoms in total. The molecule has 1 aromatic carbocycles. The molecule has 1 saturated heterocycles. The summed E-state index contributed by atoms with van der Waals surface area (Å²) >= 11 is 0. The molecule has 0 spiro atoms. The molecule has 0 radical (unpaired) electrons. The Kier molecular flexibility index (Phi) is 4.09. The van der Waals surface area contributed by atoms with E-state index < -0.39 is 0 Å². The van der Waals surface area contributed by atoms with Gasteiger partial charge in [0.05, 0.1) is 17.3 Å². The monoisotopic (exact) mass is 358 g/mol. The van der Waals surface area contributed by atoms with Crippen LogP contribution in [0, 0.1) is 0 Å². The molecule has 136 valence electrons. The minimum Gasteiger partial charge on any atom is -0.344 e. The zero-order valence-corrected chi connectivity index (χ0v) is 15.1. The number of H-pyrrole nitrogens is 1. The Bertz CT molecular complexity index is 973. The summed E-state index contributed by atoms with van der Waals surface area (Å²) in [4.78, 5) is 25.8. The average molecular weight is 358 g/mol. The predicted octanol–water partition coefficient (Wildman–Crippen LogP) is 3.46. The van der Waals surface area contributed by atoms with Crippen LogP contribution in [0.2, 0.25) is 0 Å². The van der Waals surface area contributed by atoms with Crippen molar-refractivity contribution in [3.05, 3.63) is 71.4 Å². The van der Waals surface area contributed by atoms with E-state index in [9.17, 15) is 4.79 Å². The van der Waals surface area contributed by atoms with Gasteiger partial charge in [-0.05, 0) is 50.0 Å². The number of hydrogen-bond acceptors (Lipinski definition) is 4. The number of aromatic amines is 1. The number of nitrogens with zero attached hydrogens (tertiary/aromatic N) is 2. The third-order valence-corrected chi connectivity index (χ3v) is 5.80. The Morgan fingerprint density at radius 1 is 1.00 bits per heavy atom.